The highest BCUT2D eigenvalue weighted by Gasteiger charge is 1.99. The van der Waals surface area contributed by atoms with Crippen molar-refractivity contribution in [1.82, 2.24) is 0 Å². The molecule has 0 aromatic heterocycles. The number of ether oxygens (including phenoxy) is 1. The van der Waals surface area contributed by atoms with Crippen LogP contribution in [0.25, 0.3) is 0 Å². The van der Waals surface area contributed by atoms with Gasteiger partial charge < -0.3 is 15.4 Å². The highest BCUT2D eigenvalue weighted by atomic mass is 35.5. The Morgan fingerprint density at radius 2 is 1.64 bits per heavy atom. The third kappa shape index (κ3) is 5.86. The van der Waals surface area contributed by atoms with E-state index in [0.29, 0.717) is 5.92 Å². The lowest BCUT2D eigenvalue weighted by atomic mass is 10.2. The lowest BCUT2D eigenvalue weighted by molar-refractivity contribution is 0.271. The molecule has 0 aliphatic carbocycles. The van der Waals surface area contributed by atoms with E-state index in [-0.39, 0.29) is 0 Å². The van der Waals surface area contributed by atoms with E-state index in [2.05, 4.69) is 24.5 Å². The molecule has 0 heterocycles. The Balaban J connectivity index is 1.74. The van der Waals surface area contributed by atoms with Crippen molar-refractivity contribution in [1.29, 1.82) is 0 Å². The average Bonchev–Trinajstić information content (AvgIpc) is 2.52. The molecular weight excluding hydrogens is 296 g/mol. The minimum Gasteiger partial charge on any atom is -0.493 e. The van der Waals surface area contributed by atoms with Gasteiger partial charge in [-0.2, -0.15) is 0 Å². The van der Waals surface area contributed by atoms with Gasteiger partial charge in [0.1, 0.15) is 5.75 Å². The molecule has 0 amide bonds. The van der Waals surface area contributed by atoms with Crippen molar-refractivity contribution in [2.75, 3.05) is 30.3 Å². The fraction of sp³-hybridized carbons (Fsp3) is 0.333. The zero-order chi connectivity index (χ0) is 15.8. The third-order valence-electron chi connectivity index (χ3n) is 3.04. The topological polar surface area (TPSA) is 33.3 Å². The fourth-order valence-corrected chi connectivity index (χ4v) is 2.07. The van der Waals surface area contributed by atoms with Gasteiger partial charge in [-0.15, -0.1) is 0 Å². The normalized spacial score (nSPS) is 10.5. The minimum absolute atomic E-state index is 0.528. The highest BCUT2D eigenvalue weighted by molar-refractivity contribution is 6.30. The van der Waals surface area contributed by atoms with E-state index in [4.69, 9.17) is 16.3 Å². The molecule has 22 heavy (non-hydrogen) atoms. The largest absolute Gasteiger partial charge is 0.493 e. The molecule has 2 aromatic rings. The molecule has 0 spiro atoms. The molecular formula is C18H23ClN2O. The summed E-state index contributed by atoms with van der Waals surface area (Å²) in [5.41, 5.74) is 2.14. The van der Waals surface area contributed by atoms with Crippen LogP contribution < -0.4 is 15.4 Å². The highest BCUT2D eigenvalue weighted by Crippen LogP contribution is 2.18. The van der Waals surface area contributed by atoms with Crippen LogP contribution >= 0.6 is 11.6 Å². The Labute approximate surface area is 137 Å². The molecule has 0 aliphatic heterocycles. The van der Waals surface area contributed by atoms with Crippen LogP contribution in [0.1, 0.15) is 13.8 Å². The Morgan fingerprint density at radius 3 is 2.32 bits per heavy atom. The van der Waals surface area contributed by atoms with Crippen LogP contribution in [0.15, 0.2) is 48.5 Å². The number of hydrogen-bond donors (Lipinski definition) is 2. The third-order valence-corrected chi connectivity index (χ3v) is 3.30. The molecule has 0 unspecified atom stereocenters. The van der Waals surface area contributed by atoms with E-state index in [1.807, 2.05) is 48.5 Å². The van der Waals surface area contributed by atoms with Crippen molar-refractivity contribution >= 4 is 23.0 Å². The van der Waals surface area contributed by atoms with Crippen molar-refractivity contribution in [2.45, 2.75) is 13.8 Å². The predicted molar refractivity (Wildman–Crippen MR) is 95.2 cm³/mol. The van der Waals surface area contributed by atoms with Crippen LogP contribution in [0, 0.1) is 5.92 Å². The quantitative estimate of drug-likeness (QED) is 0.679. The van der Waals surface area contributed by atoms with Gasteiger partial charge >= 0.3 is 0 Å². The van der Waals surface area contributed by atoms with Gasteiger partial charge in [-0.25, -0.2) is 0 Å². The summed E-state index contributed by atoms with van der Waals surface area (Å²) in [7, 11) is 0. The van der Waals surface area contributed by atoms with Crippen LogP contribution in [0.3, 0.4) is 0 Å². The molecule has 0 aliphatic rings. The van der Waals surface area contributed by atoms with Crippen molar-refractivity contribution in [3.63, 3.8) is 0 Å². The van der Waals surface area contributed by atoms with E-state index in [9.17, 15) is 0 Å². The molecule has 0 saturated heterocycles. The Morgan fingerprint density at radius 1 is 0.955 bits per heavy atom. The van der Waals surface area contributed by atoms with Crippen LogP contribution in [-0.4, -0.2) is 19.7 Å². The zero-order valence-corrected chi connectivity index (χ0v) is 13.9. The molecule has 2 rings (SSSR count). The summed E-state index contributed by atoms with van der Waals surface area (Å²) in [4.78, 5) is 0. The van der Waals surface area contributed by atoms with Crippen molar-refractivity contribution in [3.8, 4) is 5.75 Å². The van der Waals surface area contributed by atoms with Crippen LogP contribution in [0.2, 0.25) is 5.02 Å². The number of halogens is 1. The molecule has 3 nitrogen and oxygen atoms in total. The number of nitrogens with one attached hydrogen (secondary N) is 2. The van der Waals surface area contributed by atoms with E-state index in [1.165, 1.54) is 0 Å². The van der Waals surface area contributed by atoms with E-state index < -0.39 is 0 Å². The number of rotatable bonds is 8. The molecule has 2 aromatic carbocycles. The molecule has 118 valence electrons. The number of hydrogen-bond acceptors (Lipinski definition) is 3. The Kier molecular flexibility index (Phi) is 6.41. The molecule has 0 radical (unpaired) electrons. The molecule has 2 N–H and O–H groups in total. The summed E-state index contributed by atoms with van der Waals surface area (Å²) >= 11 is 5.86. The maximum atomic E-state index is 5.86. The number of anilines is 2. The van der Waals surface area contributed by atoms with Gasteiger partial charge in [0.2, 0.25) is 0 Å². The SMILES string of the molecule is CC(C)COc1cccc(NCCNc2ccc(Cl)cc2)c1. The first-order valence-electron chi connectivity index (χ1n) is 7.59. The van der Waals surface area contributed by atoms with Gasteiger partial charge in [-0.05, 0) is 42.3 Å². The fourth-order valence-electron chi connectivity index (χ4n) is 1.94. The summed E-state index contributed by atoms with van der Waals surface area (Å²) in [6, 6.07) is 15.8. The van der Waals surface area contributed by atoms with Gasteiger partial charge in [-0.3, -0.25) is 0 Å². The van der Waals surface area contributed by atoms with Crippen molar-refractivity contribution < 1.29 is 4.74 Å². The maximum absolute atomic E-state index is 5.86. The summed E-state index contributed by atoms with van der Waals surface area (Å²) in [5.74, 6) is 1.43. The molecule has 0 atom stereocenters. The molecule has 0 saturated carbocycles. The molecule has 4 heteroatoms. The van der Waals surface area contributed by atoms with Gasteiger partial charge in [0.05, 0.1) is 6.61 Å². The molecule has 0 fully saturated rings. The van der Waals surface area contributed by atoms with Crippen molar-refractivity contribution in [3.05, 3.63) is 53.6 Å². The number of benzene rings is 2. The van der Waals surface area contributed by atoms with Gasteiger partial charge in [0, 0.05) is 35.6 Å². The second-order valence-corrected chi connectivity index (χ2v) is 6.03. The summed E-state index contributed by atoms with van der Waals surface area (Å²) < 4.78 is 5.73. The van der Waals surface area contributed by atoms with Gasteiger partial charge in [-0.1, -0.05) is 31.5 Å². The van der Waals surface area contributed by atoms with Crippen molar-refractivity contribution in [2.24, 2.45) is 5.92 Å². The van der Waals surface area contributed by atoms with E-state index >= 15 is 0 Å². The maximum Gasteiger partial charge on any atom is 0.121 e. The van der Waals surface area contributed by atoms with Crippen LogP contribution in [-0.2, 0) is 0 Å². The van der Waals surface area contributed by atoms with Gasteiger partial charge in [0.15, 0.2) is 0 Å². The lowest BCUT2D eigenvalue weighted by Gasteiger charge is -2.12. The van der Waals surface area contributed by atoms with Gasteiger partial charge in [0.25, 0.3) is 0 Å². The van der Waals surface area contributed by atoms with E-state index in [0.717, 1.165) is 41.8 Å². The molecule has 0 bridgehead atoms. The zero-order valence-electron chi connectivity index (χ0n) is 13.1. The minimum atomic E-state index is 0.528. The standard InChI is InChI=1S/C18H23ClN2O/c1-14(2)13-22-18-5-3-4-17(12-18)21-11-10-20-16-8-6-15(19)7-9-16/h3-9,12,14,20-21H,10-11,13H2,1-2H3. The summed E-state index contributed by atoms with van der Waals surface area (Å²) in [5, 5.41) is 7.48. The van der Waals surface area contributed by atoms with E-state index in [1.54, 1.807) is 0 Å². The summed E-state index contributed by atoms with van der Waals surface area (Å²) in [6.45, 7) is 6.69. The average molecular weight is 319 g/mol. The first kappa shape index (κ1) is 16.5. The first-order valence-corrected chi connectivity index (χ1v) is 7.97. The second-order valence-electron chi connectivity index (χ2n) is 5.59. The summed E-state index contributed by atoms with van der Waals surface area (Å²) in [6.07, 6.45) is 0. The first-order chi connectivity index (χ1) is 10.6. The van der Waals surface area contributed by atoms with Crippen LogP contribution in [0.4, 0.5) is 11.4 Å². The Hall–Kier alpha value is -1.87. The van der Waals surface area contributed by atoms with Crippen LogP contribution in [0.5, 0.6) is 5.75 Å². The second kappa shape index (κ2) is 8.54. The monoisotopic (exact) mass is 318 g/mol. The predicted octanol–water partition coefficient (Wildman–Crippen LogP) is 4.90. The lowest BCUT2D eigenvalue weighted by Crippen LogP contribution is -2.13. The Bertz CT molecular complexity index is 570. The smallest absolute Gasteiger partial charge is 0.121 e.